The third kappa shape index (κ3) is 3.86. The van der Waals surface area contributed by atoms with Crippen molar-refractivity contribution >= 4 is 12.0 Å². The summed E-state index contributed by atoms with van der Waals surface area (Å²) in [6.45, 7) is 0.174. The van der Waals surface area contributed by atoms with Crippen molar-refractivity contribution in [3.63, 3.8) is 0 Å². The molecule has 0 bridgehead atoms. The van der Waals surface area contributed by atoms with Crippen molar-refractivity contribution in [2.75, 3.05) is 0 Å². The van der Waals surface area contributed by atoms with Gasteiger partial charge < -0.3 is 9.15 Å². The number of esters is 1. The average Bonchev–Trinajstić information content (AvgIpc) is 2.96. The van der Waals surface area contributed by atoms with Gasteiger partial charge in [-0.2, -0.15) is 5.26 Å². The number of nitrogens with zero attached hydrogens (tertiary/aromatic N) is 1. The van der Waals surface area contributed by atoms with E-state index in [9.17, 15) is 4.79 Å². The van der Waals surface area contributed by atoms with Crippen LogP contribution in [-0.4, -0.2) is 5.97 Å². The SMILES string of the molecule is N#Cc1ccc(COC(=O)/C=C/c2ccco2)cc1. The monoisotopic (exact) mass is 253 g/mol. The van der Waals surface area contributed by atoms with Crippen LogP contribution in [-0.2, 0) is 16.1 Å². The summed E-state index contributed by atoms with van der Waals surface area (Å²) in [5.41, 5.74) is 1.41. The van der Waals surface area contributed by atoms with Crippen molar-refractivity contribution in [2.45, 2.75) is 6.61 Å². The number of ether oxygens (including phenoxy) is 1. The highest BCUT2D eigenvalue weighted by Gasteiger charge is 2.00. The Hall–Kier alpha value is -2.80. The van der Waals surface area contributed by atoms with Crippen LogP contribution in [0.1, 0.15) is 16.9 Å². The molecule has 4 nitrogen and oxygen atoms in total. The van der Waals surface area contributed by atoms with Gasteiger partial charge >= 0.3 is 5.97 Å². The predicted octanol–water partition coefficient (Wildman–Crippen LogP) is 2.91. The molecule has 94 valence electrons. The molecule has 0 N–H and O–H groups in total. The second-order valence-electron chi connectivity index (χ2n) is 3.77. The van der Waals surface area contributed by atoms with Crippen molar-refractivity contribution < 1.29 is 13.9 Å². The first-order valence-electron chi connectivity index (χ1n) is 5.65. The number of nitriles is 1. The van der Waals surface area contributed by atoms with Gasteiger partial charge in [0.15, 0.2) is 0 Å². The van der Waals surface area contributed by atoms with E-state index in [1.165, 1.54) is 12.3 Å². The Morgan fingerprint density at radius 3 is 2.74 bits per heavy atom. The van der Waals surface area contributed by atoms with Gasteiger partial charge in [0, 0.05) is 6.08 Å². The molecule has 0 aliphatic carbocycles. The van der Waals surface area contributed by atoms with Crippen LogP contribution in [0.5, 0.6) is 0 Å². The van der Waals surface area contributed by atoms with Crippen LogP contribution < -0.4 is 0 Å². The molecule has 1 aromatic carbocycles. The summed E-state index contributed by atoms with van der Waals surface area (Å²) in [5, 5.41) is 8.65. The molecule has 1 heterocycles. The zero-order valence-corrected chi connectivity index (χ0v) is 10.1. The van der Waals surface area contributed by atoms with Crippen molar-refractivity contribution in [2.24, 2.45) is 0 Å². The minimum absolute atomic E-state index is 0.174. The molecule has 19 heavy (non-hydrogen) atoms. The maximum absolute atomic E-state index is 11.4. The van der Waals surface area contributed by atoms with Crippen molar-refractivity contribution in [1.82, 2.24) is 0 Å². The van der Waals surface area contributed by atoms with Gasteiger partial charge in [-0.3, -0.25) is 0 Å². The van der Waals surface area contributed by atoms with Crippen LogP contribution in [0.15, 0.2) is 53.2 Å². The lowest BCUT2D eigenvalue weighted by atomic mass is 10.2. The Kier molecular flexibility index (Phi) is 4.14. The lowest BCUT2D eigenvalue weighted by Crippen LogP contribution is -2.00. The molecule has 0 radical (unpaired) electrons. The molecule has 0 spiro atoms. The van der Waals surface area contributed by atoms with Gasteiger partial charge in [-0.25, -0.2) is 4.79 Å². The minimum atomic E-state index is -0.444. The summed E-state index contributed by atoms with van der Waals surface area (Å²) in [6, 6.07) is 12.4. The molecule has 0 aliphatic heterocycles. The van der Waals surface area contributed by atoms with E-state index in [0.717, 1.165) is 5.56 Å². The van der Waals surface area contributed by atoms with Crippen LogP contribution in [0.25, 0.3) is 6.08 Å². The highest BCUT2D eigenvalue weighted by atomic mass is 16.5. The smallest absolute Gasteiger partial charge is 0.331 e. The largest absolute Gasteiger partial charge is 0.465 e. The molecule has 0 unspecified atom stereocenters. The molecule has 0 saturated heterocycles. The number of carbonyl (C=O) groups is 1. The first-order chi connectivity index (χ1) is 9.28. The molecule has 0 aliphatic rings. The molecule has 0 saturated carbocycles. The maximum atomic E-state index is 11.4. The summed E-state index contributed by atoms with van der Waals surface area (Å²) in [7, 11) is 0. The number of benzene rings is 1. The molecule has 1 aromatic heterocycles. The summed E-state index contributed by atoms with van der Waals surface area (Å²) in [5.74, 6) is 0.149. The van der Waals surface area contributed by atoms with Crippen LogP contribution in [0.2, 0.25) is 0 Å². The van der Waals surface area contributed by atoms with Gasteiger partial charge in [0.25, 0.3) is 0 Å². The quantitative estimate of drug-likeness (QED) is 0.620. The molecular formula is C15H11NO3. The second kappa shape index (κ2) is 6.22. The normalized spacial score (nSPS) is 10.3. The number of hydrogen-bond acceptors (Lipinski definition) is 4. The Labute approximate surface area is 110 Å². The highest BCUT2D eigenvalue weighted by molar-refractivity contribution is 5.86. The fraction of sp³-hybridized carbons (Fsp3) is 0.0667. The minimum Gasteiger partial charge on any atom is -0.465 e. The lowest BCUT2D eigenvalue weighted by Gasteiger charge is -2.01. The zero-order valence-electron chi connectivity index (χ0n) is 10.1. The zero-order chi connectivity index (χ0) is 13.5. The van der Waals surface area contributed by atoms with Crippen LogP contribution in [0.3, 0.4) is 0 Å². The fourth-order valence-corrected chi connectivity index (χ4v) is 1.41. The number of carbonyl (C=O) groups excluding carboxylic acids is 1. The summed E-state index contributed by atoms with van der Waals surface area (Å²) in [6.07, 6.45) is 4.38. The molecule has 0 fully saturated rings. The highest BCUT2D eigenvalue weighted by Crippen LogP contribution is 2.06. The van der Waals surface area contributed by atoms with E-state index in [4.69, 9.17) is 14.4 Å². The van der Waals surface area contributed by atoms with Crippen molar-refractivity contribution in [1.29, 1.82) is 5.26 Å². The number of hydrogen-bond donors (Lipinski definition) is 0. The van der Waals surface area contributed by atoms with E-state index < -0.39 is 5.97 Å². The lowest BCUT2D eigenvalue weighted by molar-refractivity contribution is -0.138. The maximum Gasteiger partial charge on any atom is 0.331 e. The van der Waals surface area contributed by atoms with Gasteiger partial charge in [-0.05, 0) is 35.9 Å². The molecule has 2 aromatic rings. The second-order valence-corrected chi connectivity index (χ2v) is 3.77. The van der Waals surface area contributed by atoms with Crippen LogP contribution in [0, 0.1) is 11.3 Å². The van der Waals surface area contributed by atoms with Crippen LogP contribution in [0.4, 0.5) is 0 Å². The third-order valence-corrected chi connectivity index (χ3v) is 2.39. The predicted molar refractivity (Wildman–Crippen MR) is 68.7 cm³/mol. The van der Waals surface area contributed by atoms with Gasteiger partial charge in [0.05, 0.1) is 17.9 Å². The number of rotatable bonds is 4. The molecule has 0 amide bonds. The molecule has 0 atom stereocenters. The summed E-state index contributed by atoms with van der Waals surface area (Å²) in [4.78, 5) is 11.4. The Morgan fingerprint density at radius 2 is 2.11 bits per heavy atom. The molecule has 4 heteroatoms. The Bertz CT molecular complexity index is 604. The van der Waals surface area contributed by atoms with Gasteiger partial charge in [-0.1, -0.05) is 12.1 Å². The van der Waals surface area contributed by atoms with Crippen molar-refractivity contribution in [3.8, 4) is 6.07 Å². The molecule has 2 rings (SSSR count). The van der Waals surface area contributed by atoms with Gasteiger partial charge in [-0.15, -0.1) is 0 Å². The van der Waals surface area contributed by atoms with E-state index in [-0.39, 0.29) is 6.61 Å². The van der Waals surface area contributed by atoms with Gasteiger partial charge in [0.1, 0.15) is 12.4 Å². The first-order valence-corrected chi connectivity index (χ1v) is 5.65. The van der Waals surface area contributed by atoms with E-state index in [1.807, 2.05) is 6.07 Å². The fourth-order valence-electron chi connectivity index (χ4n) is 1.41. The first kappa shape index (κ1) is 12.7. The topological polar surface area (TPSA) is 63.2 Å². The van der Waals surface area contributed by atoms with E-state index >= 15 is 0 Å². The number of furan rings is 1. The van der Waals surface area contributed by atoms with E-state index in [2.05, 4.69) is 0 Å². The molecular weight excluding hydrogens is 242 g/mol. The van der Waals surface area contributed by atoms with Crippen LogP contribution >= 0.6 is 0 Å². The standard InChI is InChI=1S/C15H11NO3/c16-10-12-3-5-13(6-4-12)11-19-15(17)8-7-14-2-1-9-18-14/h1-9H,11H2/b8-7+. The Morgan fingerprint density at radius 1 is 1.32 bits per heavy atom. The third-order valence-electron chi connectivity index (χ3n) is 2.39. The summed E-state index contributed by atoms with van der Waals surface area (Å²) >= 11 is 0. The van der Waals surface area contributed by atoms with Gasteiger partial charge in [0.2, 0.25) is 0 Å². The average molecular weight is 253 g/mol. The van der Waals surface area contributed by atoms with E-state index in [1.54, 1.807) is 42.5 Å². The summed E-state index contributed by atoms with van der Waals surface area (Å²) < 4.78 is 10.1. The Balaban J connectivity index is 1.84. The van der Waals surface area contributed by atoms with Crippen molar-refractivity contribution in [3.05, 3.63) is 65.6 Å². The van der Waals surface area contributed by atoms with E-state index in [0.29, 0.717) is 11.3 Å².